The molecule has 8 heteroatoms. The van der Waals surface area contributed by atoms with E-state index in [1.807, 2.05) is 36.5 Å². The highest BCUT2D eigenvalue weighted by molar-refractivity contribution is 7.89. The average Bonchev–Trinajstić information content (AvgIpc) is 3.34. The van der Waals surface area contributed by atoms with Crippen LogP contribution in [0.25, 0.3) is 23.1 Å². The van der Waals surface area contributed by atoms with Gasteiger partial charge >= 0.3 is 0 Å². The number of hydrogen-bond donors (Lipinski definition) is 2. The van der Waals surface area contributed by atoms with Gasteiger partial charge in [-0.05, 0) is 48.7 Å². The standard InChI is InChI=1S/C25H25N5O2S/c31-33(32,30-14-2-1-3-15-30)22-8-5-7-21(16-22)29-25-27-17-19(18-28-25)10-11-20-6-4-9-24-23(20)12-13-26-24/h4-13,16-18,26H,1-3,14-15H2,(H,27,28,29)/b11-10+. The van der Waals surface area contributed by atoms with Gasteiger partial charge in [-0.3, -0.25) is 0 Å². The summed E-state index contributed by atoms with van der Waals surface area (Å²) in [6, 6.07) is 15.0. The highest BCUT2D eigenvalue weighted by Gasteiger charge is 2.26. The average molecular weight is 460 g/mol. The highest BCUT2D eigenvalue weighted by atomic mass is 32.2. The molecule has 2 N–H and O–H groups in total. The van der Waals surface area contributed by atoms with Crippen molar-refractivity contribution in [2.24, 2.45) is 0 Å². The molecule has 0 saturated carbocycles. The second kappa shape index (κ2) is 9.17. The first kappa shape index (κ1) is 21.4. The zero-order valence-electron chi connectivity index (χ0n) is 18.1. The predicted octanol–water partition coefficient (Wildman–Crippen LogP) is 5.05. The van der Waals surface area contributed by atoms with Gasteiger partial charge in [0, 0.05) is 53.8 Å². The Labute approximate surface area is 193 Å². The van der Waals surface area contributed by atoms with Crippen LogP contribution in [-0.4, -0.2) is 40.8 Å². The molecule has 7 nitrogen and oxygen atoms in total. The zero-order valence-corrected chi connectivity index (χ0v) is 18.9. The number of aromatic amines is 1. The van der Waals surface area contributed by atoms with Crippen molar-refractivity contribution in [3.8, 4) is 0 Å². The third-order valence-corrected chi connectivity index (χ3v) is 7.69. The number of rotatable bonds is 6. The van der Waals surface area contributed by atoms with Crippen molar-refractivity contribution in [3.05, 3.63) is 78.2 Å². The molecule has 1 aliphatic heterocycles. The van der Waals surface area contributed by atoms with Gasteiger partial charge in [-0.1, -0.05) is 36.8 Å². The summed E-state index contributed by atoms with van der Waals surface area (Å²) in [6.45, 7) is 1.16. The van der Waals surface area contributed by atoms with Gasteiger partial charge in [-0.2, -0.15) is 4.31 Å². The van der Waals surface area contributed by atoms with Gasteiger partial charge in [0.05, 0.1) is 4.90 Å². The lowest BCUT2D eigenvalue weighted by Crippen LogP contribution is -2.35. The van der Waals surface area contributed by atoms with Gasteiger partial charge in [0.1, 0.15) is 0 Å². The Balaban J connectivity index is 1.29. The van der Waals surface area contributed by atoms with E-state index < -0.39 is 10.0 Å². The monoisotopic (exact) mass is 459 g/mol. The number of piperidine rings is 1. The topological polar surface area (TPSA) is 91.0 Å². The molecule has 2 aromatic heterocycles. The molecule has 0 spiro atoms. The lowest BCUT2D eigenvalue weighted by atomic mass is 10.1. The smallest absolute Gasteiger partial charge is 0.243 e. The number of benzene rings is 2. The van der Waals surface area contributed by atoms with Crippen molar-refractivity contribution in [1.29, 1.82) is 0 Å². The Hall–Kier alpha value is -3.49. The van der Waals surface area contributed by atoms with Crippen LogP contribution in [-0.2, 0) is 10.0 Å². The number of anilines is 2. The number of hydrogen-bond acceptors (Lipinski definition) is 5. The van der Waals surface area contributed by atoms with E-state index in [9.17, 15) is 8.42 Å². The minimum Gasteiger partial charge on any atom is -0.361 e. The van der Waals surface area contributed by atoms with Crippen molar-refractivity contribution in [1.82, 2.24) is 19.3 Å². The lowest BCUT2D eigenvalue weighted by Gasteiger charge is -2.26. The van der Waals surface area contributed by atoms with Gasteiger partial charge in [-0.25, -0.2) is 18.4 Å². The summed E-state index contributed by atoms with van der Waals surface area (Å²) in [5.74, 6) is 0.410. The number of sulfonamides is 1. The lowest BCUT2D eigenvalue weighted by molar-refractivity contribution is 0.346. The van der Waals surface area contributed by atoms with Crippen molar-refractivity contribution in [2.45, 2.75) is 24.2 Å². The van der Waals surface area contributed by atoms with Crippen molar-refractivity contribution in [3.63, 3.8) is 0 Å². The van der Waals surface area contributed by atoms with Crippen LogP contribution in [0.5, 0.6) is 0 Å². The van der Waals surface area contributed by atoms with Gasteiger partial charge in [0.25, 0.3) is 0 Å². The second-order valence-corrected chi connectivity index (χ2v) is 10.0. The van der Waals surface area contributed by atoms with Gasteiger partial charge in [-0.15, -0.1) is 0 Å². The van der Waals surface area contributed by atoms with E-state index in [4.69, 9.17) is 0 Å². The number of nitrogens with zero attached hydrogens (tertiary/aromatic N) is 3. The first-order valence-corrected chi connectivity index (χ1v) is 12.5. The van der Waals surface area contributed by atoms with Crippen LogP contribution in [0.1, 0.15) is 30.4 Å². The molecule has 0 amide bonds. The van der Waals surface area contributed by atoms with Crippen molar-refractivity contribution >= 4 is 44.7 Å². The largest absolute Gasteiger partial charge is 0.361 e. The molecule has 168 valence electrons. The van der Waals surface area contributed by atoms with E-state index in [1.165, 1.54) is 0 Å². The Bertz CT molecular complexity index is 1390. The Morgan fingerprint density at radius 2 is 1.73 bits per heavy atom. The van der Waals surface area contributed by atoms with E-state index in [-0.39, 0.29) is 4.90 Å². The Kier molecular flexibility index (Phi) is 5.93. The van der Waals surface area contributed by atoms with E-state index in [0.717, 1.165) is 41.3 Å². The van der Waals surface area contributed by atoms with Crippen LogP contribution < -0.4 is 5.32 Å². The predicted molar refractivity (Wildman–Crippen MR) is 132 cm³/mol. The van der Waals surface area contributed by atoms with Crippen LogP contribution in [0.2, 0.25) is 0 Å². The third-order valence-electron chi connectivity index (χ3n) is 5.80. The summed E-state index contributed by atoms with van der Waals surface area (Å²) in [5.41, 5.74) is 3.71. The van der Waals surface area contributed by atoms with E-state index in [0.29, 0.717) is 24.7 Å². The first-order chi connectivity index (χ1) is 16.1. The highest BCUT2D eigenvalue weighted by Crippen LogP contribution is 2.24. The summed E-state index contributed by atoms with van der Waals surface area (Å²) in [7, 11) is -3.49. The summed E-state index contributed by atoms with van der Waals surface area (Å²) in [5, 5.41) is 4.27. The second-order valence-electron chi connectivity index (χ2n) is 8.08. The number of fused-ring (bicyclic) bond motifs is 1. The van der Waals surface area contributed by atoms with Crippen LogP contribution in [0.3, 0.4) is 0 Å². The molecule has 0 radical (unpaired) electrons. The molecule has 33 heavy (non-hydrogen) atoms. The molecule has 1 saturated heterocycles. The quantitative estimate of drug-likeness (QED) is 0.421. The maximum Gasteiger partial charge on any atom is 0.243 e. The van der Waals surface area contributed by atoms with Gasteiger partial charge < -0.3 is 10.3 Å². The molecule has 2 aromatic carbocycles. The Morgan fingerprint density at radius 3 is 2.55 bits per heavy atom. The van der Waals surface area contributed by atoms with Gasteiger partial charge in [0.15, 0.2) is 0 Å². The van der Waals surface area contributed by atoms with Crippen LogP contribution in [0.15, 0.2) is 72.0 Å². The van der Waals surface area contributed by atoms with Crippen LogP contribution in [0.4, 0.5) is 11.6 Å². The summed E-state index contributed by atoms with van der Waals surface area (Å²) in [6.07, 6.45) is 12.3. The third kappa shape index (κ3) is 4.67. The molecule has 1 fully saturated rings. The van der Waals surface area contributed by atoms with Crippen LogP contribution in [0, 0.1) is 0 Å². The molecule has 0 unspecified atom stereocenters. The molecule has 1 aliphatic rings. The number of H-pyrrole nitrogens is 1. The maximum atomic E-state index is 12.9. The molecule has 0 aliphatic carbocycles. The molecule has 0 bridgehead atoms. The molecule has 5 rings (SSSR count). The summed E-state index contributed by atoms with van der Waals surface area (Å²) in [4.78, 5) is 12.3. The Morgan fingerprint density at radius 1 is 0.939 bits per heavy atom. The fraction of sp³-hybridized carbons (Fsp3) is 0.200. The summed E-state index contributed by atoms with van der Waals surface area (Å²) >= 11 is 0. The SMILES string of the molecule is O=S(=O)(c1cccc(Nc2ncc(/C=C/c3cccc4[nH]ccc34)cn2)c1)N1CCCCC1. The van der Waals surface area contributed by atoms with Crippen molar-refractivity contribution in [2.75, 3.05) is 18.4 Å². The van der Waals surface area contributed by atoms with Crippen molar-refractivity contribution < 1.29 is 8.42 Å². The van der Waals surface area contributed by atoms with Gasteiger partial charge in [0.2, 0.25) is 16.0 Å². The maximum absolute atomic E-state index is 12.9. The molecule has 4 aromatic rings. The molecule has 3 heterocycles. The summed E-state index contributed by atoms with van der Waals surface area (Å²) < 4.78 is 27.5. The zero-order chi connectivity index (χ0) is 22.7. The minimum absolute atomic E-state index is 0.285. The fourth-order valence-corrected chi connectivity index (χ4v) is 5.61. The number of aromatic nitrogens is 3. The first-order valence-electron chi connectivity index (χ1n) is 11.0. The molecular formula is C25H25N5O2S. The fourth-order valence-electron chi connectivity index (χ4n) is 4.05. The minimum atomic E-state index is -3.49. The van der Waals surface area contributed by atoms with E-state index in [2.05, 4.69) is 32.4 Å². The van der Waals surface area contributed by atoms with E-state index in [1.54, 1.807) is 34.9 Å². The van der Waals surface area contributed by atoms with Crippen LogP contribution >= 0.6 is 0 Å². The van der Waals surface area contributed by atoms with E-state index >= 15 is 0 Å². The normalized spacial score (nSPS) is 15.3. The molecular weight excluding hydrogens is 434 g/mol. The number of nitrogens with one attached hydrogen (secondary N) is 2. The molecule has 0 atom stereocenters.